The Balaban J connectivity index is 1.44. The van der Waals surface area contributed by atoms with E-state index in [0.717, 1.165) is 31.5 Å². The van der Waals surface area contributed by atoms with Crippen molar-refractivity contribution in [1.29, 1.82) is 0 Å². The van der Waals surface area contributed by atoms with Gasteiger partial charge in [0, 0.05) is 44.2 Å². The number of sulfonamides is 1. The molecule has 27 heavy (non-hydrogen) atoms. The van der Waals surface area contributed by atoms with Gasteiger partial charge in [-0.3, -0.25) is 9.59 Å². The molecule has 3 heterocycles. The first-order valence-electron chi connectivity index (χ1n) is 9.67. The first kappa shape index (κ1) is 18.4. The molecule has 2 saturated heterocycles. The molecule has 0 aromatic heterocycles. The normalized spacial score (nSPS) is 21.8. The lowest BCUT2D eigenvalue weighted by molar-refractivity contribution is -0.135. The van der Waals surface area contributed by atoms with E-state index in [4.69, 9.17) is 0 Å². The minimum atomic E-state index is -3.58. The van der Waals surface area contributed by atoms with Gasteiger partial charge in [0.2, 0.25) is 21.8 Å². The van der Waals surface area contributed by atoms with Crippen LogP contribution in [0.2, 0.25) is 0 Å². The number of nitrogens with one attached hydrogen (secondary N) is 1. The Morgan fingerprint density at radius 1 is 1.04 bits per heavy atom. The zero-order valence-corrected chi connectivity index (χ0v) is 16.1. The number of carbonyl (C=O) groups is 2. The summed E-state index contributed by atoms with van der Waals surface area (Å²) >= 11 is 0. The van der Waals surface area contributed by atoms with Crippen LogP contribution < -0.4 is 5.32 Å². The standard InChI is InChI=1S/C19H25N3O4S/c23-18-6-3-15-13-16(4-5-17(15)20-18)27(25,26)22-11-7-14(8-12-22)19(24)21-9-1-2-10-21/h4-5,13-14H,1-3,6-12H2,(H,20,23). The van der Waals surface area contributed by atoms with Crippen molar-refractivity contribution < 1.29 is 18.0 Å². The summed E-state index contributed by atoms with van der Waals surface area (Å²) in [5.74, 6) is 0.0882. The number of piperidine rings is 1. The SMILES string of the molecule is O=C1CCc2cc(S(=O)(=O)N3CCC(C(=O)N4CCCC4)CC3)ccc2N1. The van der Waals surface area contributed by atoms with Crippen LogP contribution in [0.25, 0.3) is 0 Å². The zero-order valence-electron chi connectivity index (χ0n) is 15.3. The van der Waals surface area contributed by atoms with E-state index in [-0.39, 0.29) is 22.6 Å². The Morgan fingerprint density at radius 3 is 2.44 bits per heavy atom. The minimum absolute atomic E-state index is 0.0390. The molecule has 0 saturated carbocycles. The second-order valence-electron chi connectivity index (χ2n) is 7.58. The molecule has 8 heteroatoms. The number of hydrogen-bond acceptors (Lipinski definition) is 4. The largest absolute Gasteiger partial charge is 0.342 e. The van der Waals surface area contributed by atoms with E-state index >= 15 is 0 Å². The maximum absolute atomic E-state index is 13.0. The van der Waals surface area contributed by atoms with Crippen molar-refractivity contribution in [3.63, 3.8) is 0 Å². The summed E-state index contributed by atoms with van der Waals surface area (Å²) in [6.45, 7) is 2.42. The number of hydrogen-bond donors (Lipinski definition) is 1. The highest BCUT2D eigenvalue weighted by Crippen LogP contribution is 2.30. The average molecular weight is 391 g/mol. The summed E-state index contributed by atoms with van der Waals surface area (Å²) in [5.41, 5.74) is 1.55. The quantitative estimate of drug-likeness (QED) is 0.848. The molecule has 0 aliphatic carbocycles. The molecular formula is C19H25N3O4S. The van der Waals surface area contributed by atoms with Crippen LogP contribution >= 0.6 is 0 Å². The van der Waals surface area contributed by atoms with Crippen LogP contribution in [0.4, 0.5) is 5.69 Å². The number of aryl methyl sites for hydroxylation is 1. The van der Waals surface area contributed by atoms with Gasteiger partial charge >= 0.3 is 0 Å². The molecule has 0 bridgehead atoms. The zero-order chi connectivity index (χ0) is 19.0. The van der Waals surface area contributed by atoms with Gasteiger partial charge in [-0.2, -0.15) is 4.31 Å². The predicted octanol–water partition coefficient (Wildman–Crippen LogP) is 1.59. The molecular weight excluding hydrogens is 366 g/mol. The lowest BCUT2D eigenvalue weighted by atomic mass is 9.97. The Kier molecular flexibility index (Phi) is 4.94. The van der Waals surface area contributed by atoms with Crippen LogP contribution in [0.3, 0.4) is 0 Å². The summed E-state index contributed by atoms with van der Waals surface area (Å²) in [7, 11) is -3.58. The van der Waals surface area contributed by atoms with E-state index in [1.807, 2.05) is 4.90 Å². The van der Waals surface area contributed by atoms with Crippen molar-refractivity contribution in [1.82, 2.24) is 9.21 Å². The van der Waals surface area contributed by atoms with Crippen molar-refractivity contribution in [2.75, 3.05) is 31.5 Å². The molecule has 1 aromatic rings. The van der Waals surface area contributed by atoms with Crippen LogP contribution in [0.1, 0.15) is 37.7 Å². The molecule has 2 amide bonds. The predicted molar refractivity (Wildman–Crippen MR) is 101 cm³/mol. The van der Waals surface area contributed by atoms with Crippen LogP contribution in [0.5, 0.6) is 0 Å². The second kappa shape index (κ2) is 7.24. The maximum Gasteiger partial charge on any atom is 0.243 e. The van der Waals surface area contributed by atoms with E-state index < -0.39 is 10.0 Å². The molecule has 4 rings (SSSR count). The fraction of sp³-hybridized carbons (Fsp3) is 0.579. The van der Waals surface area contributed by atoms with Gasteiger partial charge in [-0.05, 0) is 55.9 Å². The van der Waals surface area contributed by atoms with Crippen LogP contribution in [-0.2, 0) is 26.0 Å². The van der Waals surface area contributed by atoms with Crippen molar-refractivity contribution in [3.05, 3.63) is 23.8 Å². The number of amides is 2. The Bertz CT molecular complexity index is 854. The molecule has 2 fully saturated rings. The van der Waals surface area contributed by atoms with E-state index in [2.05, 4.69) is 5.32 Å². The molecule has 1 N–H and O–H groups in total. The highest BCUT2D eigenvalue weighted by atomic mass is 32.2. The number of carbonyl (C=O) groups excluding carboxylic acids is 2. The van der Waals surface area contributed by atoms with Crippen molar-refractivity contribution >= 4 is 27.5 Å². The van der Waals surface area contributed by atoms with Gasteiger partial charge in [0.1, 0.15) is 0 Å². The minimum Gasteiger partial charge on any atom is -0.342 e. The van der Waals surface area contributed by atoms with Crippen molar-refractivity contribution in [2.45, 2.75) is 43.4 Å². The van der Waals surface area contributed by atoms with Gasteiger partial charge in [-0.25, -0.2) is 8.42 Å². The Labute approximate surface area is 159 Å². The monoisotopic (exact) mass is 391 g/mol. The highest BCUT2D eigenvalue weighted by molar-refractivity contribution is 7.89. The fourth-order valence-electron chi connectivity index (χ4n) is 4.21. The van der Waals surface area contributed by atoms with E-state index in [1.165, 1.54) is 4.31 Å². The molecule has 146 valence electrons. The second-order valence-corrected chi connectivity index (χ2v) is 9.52. The van der Waals surface area contributed by atoms with Crippen LogP contribution in [0.15, 0.2) is 23.1 Å². The number of benzene rings is 1. The number of nitrogens with zero attached hydrogens (tertiary/aromatic N) is 2. The first-order chi connectivity index (χ1) is 12.9. The Hall–Kier alpha value is -1.93. The van der Waals surface area contributed by atoms with Gasteiger partial charge in [-0.15, -0.1) is 0 Å². The Morgan fingerprint density at radius 2 is 1.74 bits per heavy atom. The van der Waals surface area contributed by atoms with Crippen molar-refractivity contribution in [3.8, 4) is 0 Å². The average Bonchev–Trinajstić information content (AvgIpc) is 3.22. The topological polar surface area (TPSA) is 86.8 Å². The van der Waals surface area contributed by atoms with E-state index in [9.17, 15) is 18.0 Å². The van der Waals surface area contributed by atoms with Crippen molar-refractivity contribution in [2.24, 2.45) is 5.92 Å². The lowest BCUT2D eigenvalue weighted by Gasteiger charge is -2.32. The summed E-state index contributed by atoms with van der Waals surface area (Å²) in [5, 5.41) is 2.77. The van der Waals surface area contributed by atoms with Crippen LogP contribution in [0, 0.1) is 5.92 Å². The third-order valence-electron chi connectivity index (χ3n) is 5.83. The van der Waals surface area contributed by atoms with Gasteiger partial charge in [-0.1, -0.05) is 0 Å². The number of rotatable bonds is 3. The first-order valence-corrected chi connectivity index (χ1v) is 11.1. The maximum atomic E-state index is 13.0. The molecule has 3 aliphatic heterocycles. The third kappa shape index (κ3) is 3.60. The summed E-state index contributed by atoms with van der Waals surface area (Å²) in [6.07, 6.45) is 4.22. The molecule has 0 radical (unpaired) electrons. The van der Waals surface area contributed by atoms with E-state index in [1.54, 1.807) is 18.2 Å². The van der Waals surface area contributed by atoms with Gasteiger partial charge < -0.3 is 10.2 Å². The number of fused-ring (bicyclic) bond motifs is 1. The molecule has 0 atom stereocenters. The molecule has 0 spiro atoms. The number of likely N-dealkylation sites (tertiary alicyclic amines) is 1. The fourth-order valence-corrected chi connectivity index (χ4v) is 5.73. The molecule has 1 aromatic carbocycles. The van der Waals surface area contributed by atoms with Crippen LogP contribution in [-0.4, -0.2) is 55.6 Å². The molecule has 0 unspecified atom stereocenters. The smallest absolute Gasteiger partial charge is 0.243 e. The molecule has 3 aliphatic rings. The van der Waals surface area contributed by atoms with Gasteiger partial charge in [0.25, 0.3) is 0 Å². The van der Waals surface area contributed by atoms with Gasteiger partial charge in [0.15, 0.2) is 0 Å². The summed E-state index contributed by atoms with van der Waals surface area (Å²) in [4.78, 5) is 26.2. The number of anilines is 1. The van der Waals surface area contributed by atoms with Gasteiger partial charge in [0.05, 0.1) is 4.90 Å². The lowest BCUT2D eigenvalue weighted by Crippen LogP contribution is -2.43. The summed E-state index contributed by atoms with van der Waals surface area (Å²) < 4.78 is 27.5. The van der Waals surface area contributed by atoms with E-state index in [0.29, 0.717) is 44.5 Å². The summed E-state index contributed by atoms with van der Waals surface area (Å²) in [6, 6.07) is 4.90. The molecule has 7 nitrogen and oxygen atoms in total. The third-order valence-corrected chi connectivity index (χ3v) is 7.73. The highest BCUT2D eigenvalue weighted by Gasteiger charge is 2.34.